The van der Waals surface area contributed by atoms with Gasteiger partial charge in [0.2, 0.25) is 0 Å². The van der Waals surface area contributed by atoms with Crippen molar-refractivity contribution in [2.75, 3.05) is 34.5 Å². The molecule has 1 aliphatic heterocycles. The maximum absolute atomic E-state index is 11.5. The van der Waals surface area contributed by atoms with Gasteiger partial charge in [0.25, 0.3) is 0 Å². The highest BCUT2D eigenvalue weighted by Gasteiger charge is 2.26. The largest absolute Gasteiger partial charge is 0.493 e. The lowest BCUT2D eigenvalue weighted by Crippen LogP contribution is -2.88. The van der Waals surface area contributed by atoms with Gasteiger partial charge in [0.15, 0.2) is 11.5 Å². The maximum Gasteiger partial charge on any atom is 0.337 e. The molecule has 0 spiro atoms. The van der Waals surface area contributed by atoms with E-state index < -0.39 is 0 Å². The van der Waals surface area contributed by atoms with Crippen molar-refractivity contribution in [1.82, 2.24) is 0 Å². The third kappa shape index (κ3) is 3.75. The predicted octanol–water partition coefficient (Wildman–Crippen LogP) is 1.73. The second-order valence-electron chi connectivity index (χ2n) is 6.11. The normalized spacial score (nSPS) is 15.7. The van der Waals surface area contributed by atoms with Crippen LogP contribution in [0.15, 0.2) is 36.4 Å². The summed E-state index contributed by atoms with van der Waals surface area (Å²) in [6, 6.07) is 11.2. The molecule has 0 fully saturated rings. The monoisotopic (exact) mass is 358 g/mol. The van der Waals surface area contributed by atoms with E-state index in [1.54, 1.807) is 38.5 Å². The fourth-order valence-corrected chi connectivity index (χ4v) is 3.21. The fraction of sp³-hybridized carbons (Fsp3) is 0.350. The van der Waals surface area contributed by atoms with Crippen LogP contribution in [0.4, 0.5) is 0 Å². The molecule has 1 atom stereocenters. The molecule has 26 heavy (non-hydrogen) atoms. The van der Waals surface area contributed by atoms with Gasteiger partial charge in [-0.15, -0.1) is 0 Å². The summed E-state index contributed by atoms with van der Waals surface area (Å²) in [5.41, 5.74) is 2.98. The van der Waals surface area contributed by atoms with Crippen LogP contribution in [0.5, 0.6) is 17.2 Å². The standard InChI is InChI=1S/C20H23NO5/c1-23-18-10-14-8-9-21-17(16(14)11-19(18)24-2)12-26-15-6-4-13(5-7-15)20(22)25-3/h4-7,10-11,17,21H,8-9,12H2,1-3H3/p+1/t17-/m1/s1. The van der Waals surface area contributed by atoms with Gasteiger partial charge in [-0.05, 0) is 42.0 Å². The summed E-state index contributed by atoms with van der Waals surface area (Å²) in [6.45, 7) is 1.53. The molecule has 0 amide bonds. The smallest absolute Gasteiger partial charge is 0.337 e. The molecular formula is C20H24NO5+. The number of quaternary nitrogens is 1. The number of hydrogen-bond donors (Lipinski definition) is 1. The average molecular weight is 358 g/mol. The van der Waals surface area contributed by atoms with Crippen LogP contribution in [0.1, 0.15) is 27.5 Å². The van der Waals surface area contributed by atoms with Crippen LogP contribution < -0.4 is 19.5 Å². The first kappa shape index (κ1) is 18.1. The zero-order chi connectivity index (χ0) is 18.5. The second kappa shape index (κ2) is 8.10. The number of carbonyl (C=O) groups is 1. The molecule has 0 bridgehead atoms. The molecule has 1 heterocycles. The summed E-state index contributed by atoms with van der Waals surface area (Å²) >= 11 is 0. The quantitative estimate of drug-likeness (QED) is 0.797. The van der Waals surface area contributed by atoms with E-state index in [4.69, 9.17) is 18.9 Å². The SMILES string of the molecule is COC(=O)c1ccc(OC[C@H]2[NH2+]CCc3cc(OC)c(OC)cc32)cc1. The zero-order valence-corrected chi connectivity index (χ0v) is 15.3. The predicted molar refractivity (Wildman–Crippen MR) is 96.1 cm³/mol. The Bertz CT molecular complexity index is 773. The van der Waals surface area contributed by atoms with Crippen molar-refractivity contribution in [3.8, 4) is 17.2 Å². The van der Waals surface area contributed by atoms with Crippen LogP contribution >= 0.6 is 0 Å². The number of fused-ring (bicyclic) bond motifs is 1. The molecule has 2 N–H and O–H groups in total. The zero-order valence-electron chi connectivity index (χ0n) is 15.3. The number of benzene rings is 2. The average Bonchev–Trinajstić information content (AvgIpc) is 2.70. The molecule has 0 unspecified atom stereocenters. The Labute approximate surface area is 153 Å². The molecule has 3 rings (SSSR count). The highest BCUT2D eigenvalue weighted by Crippen LogP contribution is 2.33. The Morgan fingerprint density at radius 1 is 1.08 bits per heavy atom. The molecule has 2 aromatic rings. The Morgan fingerprint density at radius 2 is 1.77 bits per heavy atom. The Morgan fingerprint density at radius 3 is 2.42 bits per heavy atom. The van der Waals surface area contributed by atoms with E-state index in [0.29, 0.717) is 12.2 Å². The van der Waals surface area contributed by atoms with E-state index in [9.17, 15) is 4.79 Å². The van der Waals surface area contributed by atoms with E-state index >= 15 is 0 Å². The summed E-state index contributed by atoms with van der Waals surface area (Å²) in [7, 11) is 4.66. The van der Waals surface area contributed by atoms with Crippen molar-refractivity contribution in [3.63, 3.8) is 0 Å². The Hall–Kier alpha value is -2.73. The number of nitrogens with two attached hydrogens (primary N) is 1. The number of esters is 1. The first-order chi connectivity index (χ1) is 12.7. The molecule has 0 radical (unpaired) electrons. The number of methoxy groups -OCH3 is 3. The molecule has 6 heteroatoms. The molecule has 1 aliphatic rings. The summed E-state index contributed by atoms with van der Waals surface area (Å²) in [4.78, 5) is 11.5. The lowest BCUT2D eigenvalue weighted by Gasteiger charge is -2.25. The molecule has 6 nitrogen and oxygen atoms in total. The second-order valence-corrected chi connectivity index (χ2v) is 6.11. The molecular weight excluding hydrogens is 334 g/mol. The molecule has 0 saturated heterocycles. The van der Waals surface area contributed by atoms with Crippen molar-refractivity contribution in [2.45, 2.75) is 12.5 Å². The first-order valence-electron chi connectivity index (χ1n) is 8.55. The van der Waals surface area contributed by atoms with Crippen LogP contribution in [0.3, 0.4) is 0 Å². The van der Waals surface area contributed by atoms with E-state index in [2.05, 4.69) is 11.4 Å². The number of ether oxygens (including phenoxy) is 4. The van der Waals surface area contributed by atoms with Crippen molar-refractivity contribution in [3.05, 3.63) is 53.1 Å². The van der Waals surface area contributed by atoms with Gasteiger partial charge in [-0.25, -0.2) is 4.79 Å². The lowest BCUT2D eigenvalue weighted by molar-refractivity contribution is -0.700. The van der Waals surface area contributed by atoms with E-state index in [0.717, 1.165) is 30.2 Å². The van der Waals surface area contributed by atoms with Crippen LogP contribution in [0.25, 0.3) is 0 Å². The lowest BCUT2D eigenvalue weighted by atomic mass is 9.94. The minimum atomic E-state index is -0.355. The number of hydrogen-bond acceptors (Lipinski definition) is 5. The Kier molecular flexibility index (Phi) is 5.63. The fourth-order valence-electron chi connectivity index (χ4n) is 3.21. The first-order valence-corrected chi connectivity index (χ1v) is 8.55. The van der Waals surface area contributed by atoms with Crippen molar-refractivity contribution in [2.24, 2.45) is 0 Å². The molecule has 0 saturated carbocycles. The van der Waals surface area contributed by atoms with Gasteiger partial charge in [-0.1, -0.05) is 0 Å². The summed E-state index contributed by atoms with van der Waals surface area (Å²) < 4.78 is 21.5. The van der Waals surface area contributed by atoms with Gasteiger partial charge >= 0.3 is 5.97 Å². The summed E-state index contributed by atoms with van der Waals surface area (Å²) in [5, 5.41) is 2.27. The van der Waals surface area contributed by atoms with Gasteiger partial charge in [0.1, 0.15) is 18.4 Å². The number of rotatable bonds is 6. The molecule has 138 valence electrons. The van der Waals surface area contributed by atoms with Crippen LogP contribution in [0, 0.1) is 0 Å². The molecule has 0 aliphatic carbocycles. The molecule has 0 aromatic heterocycles. The van der Waals surface area contributed by atoms with Gasteiger partial charge < -0.3 is 24.3 Å². The minimum Gasteiger partial charge on any atom is -0.493 e. The maximum atomic E-state index is 11.5. The van der Waals surface area contributed by atoms with Gasteiger partial charge in [0.05, 0.1) is 33.4 Å². The third-order valence-corrected chi connectivity index (χ3v) is 4.61. The molecule has 2 aromatic carbocycles. The van der Waals surface area contributed by atoms with E-state index in [1.807, 2.05) is 6.07 Å². The highest BCUT2D eigenvalue weighted by molar-refractivity contribution is 5.89. The summed E-state index contributed by atoms with van der Waals surface area (Å²) in [5.74, 6) is 1.85. The highest BCUT2D eigenvalue weighted by atomic mass is 16.5. The third-order valence-electron chi connectivity index (χ3n) is 4.61. The van der Waals surface area contributed by atoms with Gasteiger partial charge in [-0.2, -0.15) is 0 Å². The van der Waals surface area contributed by atoms with Crippen LogP contribution in [-0.2, 0) is 11.2 Å². The van der Waals surface area contributed by atoms with E-state index in [-0.39, 0.29) is 12.0 Å². The van der Waals surface area contributed by atoms with E-state index in [1.165, 1.54) is 18.2 Å². The van der Waals surface area contributed by atoms with Crippen molar-refractivity contribution >= 4 is 5.97 Å². The number of carbonyl (C=O) groups excluding carboxylic acids is 1. The van der Waals surface area contributed by atoms with Crippen LogP contribution in [0.2, 0.25) is 0 Å². The van der Waals surface area contributed by atoms with Crippen LogP contribution in [-0.4, -0.2) is 40.5 Å². The van der Waals surface area contributed by atoms with Crippen molar-refractivity contribution < 1.29 is 29.1 Å². The minimum absolute atomic E-state index is 0.179. The van der Waals surface area contributed by atoms with Gasteiger partial charge in [-0.3, -0.25) is 0 Å². The topological polar surface area (TPSA) is 70.6 Å². The Balaban J connectivity index is 1.73. The van der Waals surface area contributed by atoms with Gasteiger partial charge in [0, 0.05) is 12.0 Å². The van der Waals surface area contributed by atoms with Crippen molar-refractivity contribution in [1.29, 1.82) is 0 Å². The summed E-state index contributed by atoms with van der Waals surface area (Å²) in [6.07, 6.45) is 0.986.